The molecule has 1 fully saturated rings. The number of hydrogen-bond acceptors (Lipinski definition) is 4. The van der Waals surface area contributed by atoms with E-state index in [1.807, 2.05) is 0 Å². The van der Waals surface area contributed by atoms with Gasteiger partial charge in [0.25, 0.3) is 0 Å². The zero-order valence-electron chi connectivity index (χ0n) is 7.91. The first kappa shape index (κ1) is 11.1. The molecule has 15 heavy (non-hydrogen) atoms. The molecule has 0 bridgehead atoms. The van der Waals surface area contributed by atoms with Gasteiger partial charge in [-0.1, -0.05) is 6.42 Å². The highest BCUT2D eigenvalue weighted by atomic mass is 79.9. The zero-order valence-corrected chi connectivity index (χ0v) is 11.1. The first-order valence-electron chi connectivity index (χ1n) is 4.76. The number of Topliss-reactive ketones (excluding diaryl/α,β-unsaturated/α-hetero) is 1. The van der Waals surface area contributed by atoms with Gasteiger partial charge in [-0.2, -0.15) is 4.98 Å². The first-order valence-corrected chi connectivity index (χ1v) is 6.35. The molecule has 1 unspecified atom stereocenters. The standard InChI is InChI=1S/C9H9Br2N3O/c10-8-12-7(13-9(11)14-8)5-3-1-2-4-6(5)15/h5H,1-4H2. The van der Waals surface area contributed by atoms with Gasteiger partial charge in [0.2, 0.25) is 9.47 Å². The van der Waals surface area contributed by atoms with E-state index in [4.69, 9.17) is 0 Å². The van der Waals surface area contributed by atoms with Crippen molar-refractivity contribution in [2.24, 2.45) is 0 Å². The van der Waals surface area contributed by atoms with Crippen molar-refractivity contribution in [2.75, 3.05) is 0 Å². The van der Waals surface area contributed by atoms with Crippen LogP contribution in [-0.2, 0) is 4.79 Å². The number of halogens is 2. The van der Waals surface area contributed by atoms with Gasteiger partial charge in [-0.15, -0.1) is 0 Å². The summed E-state index contributed by atoms with van der Waals surface area (Å²) in [7, 11) is 0. The van der Waals surface area contributed by atoms with Crippen molar-refractivity contribution in [1.82, 2.24) is 15.0 Å². The van der Waals surface area contributed by atoms with Crippen molar-refractivity contribution < 1.29 is 4.79 Å². The Morgan fingerprint density at radius 1 is 1.07 bits per heavy atom. The molecule has 1 aromatic heterocycles. The molecular weight excluding hydrogens is 326 g/mol. The molecule has 2 rings (SSSR count). The van der Waals surface area contributed by atoms with E-state index < -0.39 is 0 Å². The molecule has 80 valence electrons. The van der Waals surface area contributed by atoms with Crippen LogP contribution < -0.4 is 0 Å². The topological polar surface area (TPSA) is 55.7 Å². The largest absolute Gasteiger partial charge is 0.299 e. The normalized spacial score (nSPS) is 21.7. The summed E-state index contributed by atoms with van der Waals surface area (Å²) in [5.41, 5.74) is 0. The number of nitrogens with zero attached hydrogens (tertiary/aromatic N) is 3. The SMILES string of the molecule is O=C1CCCCC1c1nc(Br)nc(Br)n1. The van der Waals surface area contributed by atoms with Crippen LogP contribution in [0.25, 0.3) is 0 Å². The molecule has 6 heteroatoms. The van der Waals surface area contributed by atoms with Crippen molar-refractivity contribution >= 4 is 37.6 Å². The van der Waals surface area contributed by atoms with Crippen molar-refractivity contribution in [1.29, 1.82) is 0 Å². The maximum absolute atomic E-state index is 11.7. The van der Waals surface area contributed by atoms with Gasteiger partial charge in [0.1, 0.15) is 11.6 Å². The van der Waals surface area contributed by atoms with Crippen LogP contribution in [0, 0.1) is 0 Å². The van der Waals surface area contributed by atoms with Crippen LogP contribution in [0.15, 0.2) is 9.47 Å². The lowest BCUT2D eigenvalue weighted by Gasteiger charge is -2.18. The Kier molecular flexibility index (Phi) is 3.45. The van der Waals surface area contributed by atoms with Gasteiger partial charge in [-0.25, -0.2) is 9.97 Å². The minimum atomic E-state index is -0.144. The van der Waals surface area contributed by atoms with E-state index in [9.17, 15) is 4.79 Å². The summed E-state index contributed by atoms with van der Waals surface area (Å²) in [5, 5.41) is 0. The Labute approximate surface area is 104 Å². The van der Waals surface area contributed by atoms with Crippen LogP contribution in [0.5, 0.6) is 0 Å². The summed E-state index contributed by atoms with van der Waals surface area (Å²) in [5.74, 6) is 0.675. The summed E-state index contributed by atoms with van der Waals surface area (Å²) < 4.78 is 0.940. The average Bonchev–Trinajstić information content (AvgIpc) is 2.16. The van der Waals surface area contributed by atoms with Crippen LogP contribution in [0.2, 0.25) is 0 Å². The molecule has 0 amide bonds. The van der Waals surface area contributed by atoms with E-state index >= 15 is 0 Å². The Bertz CT molecular complexity index is 377. The molecule has 0 saturated heterocycles. The number of carbonyl (C=O) groups is 1. The molecule has 1 aliphatic rings. The second kappa shape index (κ2) is 4.65. The molecule has 1 saturated carbocycles. The van der Waals surface area contributed by atoms with Gasteiger partial charge in [-0.05, 0) is 44.7 Å². The summed E-state index contributed by atoms with van der Waals surface area (Å²) in [6.07, 6.45) is 3.55. The summed E-state index contributed by atoms with van der Waals surface area (Å²) >= 11 is 6.39. The lowest BCUT2D eigenvalue weighted by Crippen LogP contribution is -2.19. The highest BCUT2D eigenvalue weighted by Gasteiger charge is 2.26. The quantitative estimate of drug-likeness (QED) is 0.792. The number of carbonyl (C=O) groups excluding carboxylic acids is 1. The van der Waals surface area contributed by atoms with Gasteiger partial charge in [0.15, 0.2) is 0 Å². The second-order valence-corrected chi connectivity index (χ2v) is 4.91. The summed E-state index contributed by atoms with van der Waals surface area (Å²) in [4.78, 5) is 23.9. The molecule has 0 spiro atoms. The van der Waals surface area contributed by atoms with Crippen molar-refractivity contribution in [3.63, 3.8) is 0 Å². The molecule has 1 aromatic rings. The number of rotatable bonds is 1. The molecule has 4 nitrogen and oxygen atoms in total. The predicted molar refractivity (Wildman–Crippen MR) is 61.4 cm³/mol. The first-order chi connectivity index (χ1) is 7.16. The third-order valence-corrected chi connectivity index (χ3v) is 3.17. The fourth-order valence-electron chi connectivity index (χ4n) is 1.75. The number of ketones is 1. The van der Waals surface area contributed by atoms with Crippen LogP contribution >= 0.6 is 31.9 Å². The van der Waals surface area contributed by atoms with Gasteiger partial charge in [-0.3, -0.25) is 4.79 Å². The van der Waals surface area contributed by atoms with Crippen molar-refractivity contribution in [3.8, 4) is 0 Å². The fourth-order valence-corrected chi connectivity index (χ4v) is 2.69. The number of aromatic nitrogens is 3. The summed E-state index contributed by atoms with van der Waals surface area (Å²) in [6, 6.07) is 0. The highest BCUT2D eigenvalue weighted by Crippen LogP contribution is 2.28. The molecule has 1 heterocycles. The van der Waals surface area contributed by atoms with E-state index in [1.165, 1.54) is 0 Å². The Morgan fingerprint density at radius 3 is 2.33 bits per heavy atom. The Balaban J connectivity index is 2.31. The molecule has 1 atom stereocenters. The van der Waals surface area contributed by atoms with Crippen molar-refractivity contribution in [3.05, 3.63) is 15.3 Å². The maximum Gasteiger partial charge on any atom is 0.200 e. The molecule has 0 aromatic carbocycles. The van der Waals surface area contributed by atoms with Crippen LogP contribution in [-0.4, -0.2) is 20.7 Å². The second-order valence-electron chi connectivity index (χ2n) is 3.50. The van der Waals surface area contributed by atoms with Gasteiger partial charge in [0.05, 0.1) is 5.92 Å². The highest BCUT2D eigenvalue weighted by molar-refractivity contribution is 9.11. The van der Waals surface area contributed by atoms with Gasteiger partial charge < -0.3 is 0 Å². The average molecular weight is 335 g/mol. The van der Waals surface area contributed by atoms with E-state index in [0.29, 0.717) is 21.7 Å². The third kappa shape index (κ3) is 2.60. The zero-order chi connectivity index (χ0) is 10.8. The third-order valence-electron chi connectivity index (χ3n) is 2.46. The van der Waals surface area contributed by atoms with Gasteiger partial charge >= 0.3 is 0 Å². The Morgan fingerprint density at radius 2 is 1.73 bits per heavy atom. The molecule has 0 aliphatic heterocycles. The molecule has 0 radical (unpaired) electrons. The van der Waals surface area contributed by atoms with Gasteiger partial charge in [0, 0.05) is 6.42 Å². The predicted octanol–water partition coefficient (Wildman–Crippen LogP) is 2.62. The maximum atomic E-state index is 11.7. The van der Waals surface area contributed by atoms with Crippen LogP contribution in [0.1, 0.15) is 37.4 Å². The monoisotopic (exact) mass is 333 g/mol. The van der Waals surface area contributed by atoms with E-state index in [1.54, 1.807) is 0 Å². The lowest BCUT2D eigenvalue weighted by molar-refractivity contribution is -0.122. The van der Waals surface area contributed by atoms with E-state index in [-0.39, 0.29) is 11.7 Å². The van der Waals surface area contributed by atoms with Crippen LogP contribution in [0.4, 0.5) is 0 Å². The molecule has 1 aliphatic carbocycles. The smallest absolute Gasteiger partial charge is 0.200 e. The minimum Gasteiger partial charge on any atom is -0.299 e. The van der Waals surface area contributed by atoms with E-state index in [2.05, 4.69) is 46.8 Å². The molecule has 0 N–H and O–H groups in total. The lowest BCUT2D eigenvalue weighted by atomic mass is 9.87. The summed E-state index contributed by atoms with van der Waals surface area (Å²) in [6.45, 7) is 0. The van der Waals surface area contributed by atoms with E-state index in [0.717, 1.165) is 19.3 Å². The Hall–Kier alpha value is -0.360. The van der Waals surface area contributed by atoms with Crippen molar-refractivity contribution in [2.45, 2.75) is 31.6 Å². The number of hydrogen-bond donors (Lipinski definition) is 0. The molecular formula is C9H9Br2N3O. The van der Waals surface area contributed by atoms with Crippen LogP contribution in [0.3, 0.4) is 0 Å². The fraction of sp³-hybridized carbons (Fsp3) is 0.556. The minimum absolute atomic E-state index is 0.144.